The maximum absolute atomic E-state index is 12.9. The zero-order valence-electron chi connectivity index (χ0n) is 15.9. The van der Waals surface area contributed by atoms with Crippen LogP contribution in [-0.2, 0) is 33.9 Å². The first kappa shape index (κ1) is 18.7. The fourth-order valence-corrected chi connectivity index (χ4v) is 3.93. The van der Waals surface area contributed by atoms with Gasteiger partial charge in [-0.3, -0.25) is 4.79 Å². The molecule has 0 aliphatic carbocycles. The topological polar surface area (TPSA) is 55.8 Å². The van der Waals surface area contributed by atoms with Crippen LogP contribution in [0.15, 0.2) is 48.5 Å². The number of ether oxygens (including phenoxy) is 2. The second kappa shape index (κ2) is 8.57. The summed E-state index contributed by atoms with van der Waals surface area (Å²) in [6.07, 6.45) is 3.41. The lowest BCUT2D eigenvalue weighted by molar-refractivity contribution is -0.151. The van der Waals surface area contributed by atoms with Crippen molar-refractivity contribution in [3.63, 3.8) is 0 Å². The predicted octanol–water partition coefficient (Wildman–Crippen LogP) is 3.50. The molecule has 0 N–H and O–H groups in total. The van der Waals surface area contributed by atoms with Gasteiger partial charge in [0.1, 0.15) is 12.6 Å². The van der Waals surface area contributed by atoms with Crippen LogP contribution in [0.3, 0.4) is 0 Å². The monoisotopic (exact) mass is 379 g/mol. The zero-order chi connectivity index (χ0) is 19.3. The van der Waals surface area contributed by atoms with Crippen molar-refractivity contribution in [2.45, 2.75) is 44.9 Å². The van der Waals surface area contributed by atoms with Crippen molar-refractivity contribution >= 4 is 11.9 Å². The average Bonchev–Trinajstić information content (AvgIpc) is 2.77. The van der Waals surface area contributed by atoms with Gasteiger partial charge in [0.2, 0.25) is 0 Å². The highest BCUT2D eigenvalue weighted by Crippen LogP contribution is 2.22. The van der Waals surface area contributed by atoms with Crippen molar-refractivity contribution in [2.24, 2.45) is 0 Å². The Morgan fingerprint density at radius 2 is 1.93 bits per heavy atom. The Hall–Kier alpha value is -2.66. The van der Waals surface area contributed by atoms with Crippen LogP contribution in [0.2, 0.25) is 0 Å². The first-order chi connectivity index (χ1) is 13.7. The highest BCUT2D eigenvalue weighted by Gasteiger charge is 2.33. The van der Waals surface area contributed by atoms with Gasteiger partial charge in [-0.2, -0.15) is 0 Å². The van der Waals surface area contributed by atoms with E-state index >= 15 is 0 Å². The van der Waals surface area contributed by atoms with E-state index in [9.17, 15) is 9.59 Å². The smallest absolute Gasteiger partial charge is 0.329 e. The van der Waals surface area contributed by atoms with Gasteiger partial charge in [-0.1, -0.05) is 30.3 Å². The van der Waals surface area contributed by atoms with Gasteiger partial charge in [-0.15, -0.1) is 0 Å². The van der Waals surface area contributed by atoms with E-state index in [2.05, 4.69) is 12.1 Å². The van der Waals surface area contributed by atoms with Crippen LogP contribution < -0.4 is 0 Å². The number of benzene rings is 2. The fraction of sp³-hybridized carbons (Fsp3) is 0.391. The summed E-state index contributed by atoms with van der Waals surface area (Å²) in [6.45, 7) is 2.17. The Labute approximate surface area is 165 Å². The van der Waals surface area contributed by atoms with E-state index in [4.69, 9.17) is 9.47 Å². The molecule has 0 radical (unpaired) electrons. The van der Waals surface area contributed by atoms with E-state index in [0.717, 1.165) is 31.4 Å². The molecule has 1 unspecified atom stereocenters. The van der Waals surface area contributed by atoms with E-state index in [-0.39, 0.29) is 18.5 Å². The molecule has 1 fully saturated rings. The molecule has 0 aromatic heterocycles. The van der Waals surface area contributed by atoms with Gasteiger partial charge in [-0.05, 0) is 60.6 Å². The normalized spacial score (nSPS) is 19.0. The number of hydrogen-bond acceptors (Lipinski definition) is 4. The standard InChI is InChI=1S/C23H25NO4/c25-22(19-6-2-1-3-7-19)24-12-5-4-8-21(24)23(26)28-15-17-9-10-18-11-13-27-16-20(18)14-17/h1-3,6-7,9-10,14,21H,4-5,8,11-13,15-16H2. The SMILES string of the molecule is O=C(OCc1ccc2c(c1)COCC2)C1CCCCN1C(=O)c1ccccc1. The van der Waals surface area contributed by atoms with Crippen molar-refractivity contribution in [3.05, 3.63) is 70.8 Å². The molecule has 2 aromatic rings. The molecule has 2 aliphatic rings. The Balaban J connectivity index is 1.42. The second-order valence-corrected chi connectivity index (χ2v) is 7.39. The van der Waals surface area contributed by atoms with Crippen molar-refractivity contribution in [2.75, 3.05) is 13.2 Å². The molecule has 1 amide bonds. The molecule has 0 spiro atoms. The minimum absolute atomic E-state index is 0.104. The number of fused-ring (bicyclic) bond motifs is 1. The van der Waals surface area contributed by atoms with Gasteiger partial charge in [0.15, 0.2) is 0 Å². The summed E-state index contributed by atoms with van der Waals surface area (Å²) < 4.78 is 11.1. The van der Waals surface area contributed by atoms with Crippen LogP contribution in [-0.4, -0.2) is 36.0 Å². The number of esters is 1. The Morgan fingerprint density at radius 3 is 2.79 bits per heavy atom. The summed E-state index contributed by atoms with van der Waals surface area (Å²) in [5, 5.41) is 0. The highest BCUT2D eigenvalue weighted by atomic mass is 16.5. The minimum Gasteiger partial charge on any atom is -0.459 e. The van der Waals surface area contributed by atoms with E-state index < -0.39 is 6.04 Å². The van der Waals surface area contributed by atoms with Crippen LogP contribution >= 0.6 is 0 Å². The summed E-state index contributed by atoms with van der Waals surface area (Å²) in [5.41, 5.74) is 4.03. The average molecular weight is 379 g/mol. The van der Waals surface area contributed by atoms with E-state index in [1.165, 1.54) is 11.1 Å². The molecule has 0 saturated carbocycles. The molecule has 2 heterocycles. The lowest BCUT2D eigenvalue weighted by Gasteiger charge is -2.34. The van der Waals surface area contributed by atoms with Crippen LogP contribution in [0.1, 0.15) is 46.3 Å². The molecule has 0 bridgehead atoms. The molecule has 2 aromatic carbocycles. The van der Waals surface area contributed by atoms with Crippen molar-refractivity contribution in [1.82, 2.24) is 4.90 Å². The number of likely N-dealkylation sites (tertiary alicyclic amines) is 1. The molecule has 1 saturated heterocycles. The summed E-state index contributed by atoms with van der Waals surface area (Å²) >= 11 is 0. The number of rotatable bonds is 4. The number of carbonyl (C=O) groups is 2. The Morgan fingerprint density at radius 1 is 1.07 bits per heavy atom. The number of piperidine rings is 1. The highest BCUT2D eigenvalue weighted by molar-refractivity contribution is 5.96. The van der Waals surface area contributed by atoms with Crippen LogP contribution in [0, 0.1) is 0 Å². The minimum atomic E-state index is -0.512. The second-order valence-electron chi connectivity index (χ2n) is 7.39. The Bertz CT molecular complexity index is 849. The van der Waals surface area contributed by atoms with Gasteiger partial charge in [0.05, 0.1) is 13.2 Å². The number of hydrogen-bond donors (Lipinski definition) is 0. The summed E-state index contributed by atoms with van der Waals surface area (Å²) in [4.78, 5) is 27.3. The summed E-state index contributed by atoms with van der Waals surface area (Å²) in [5.74, 6) is -0.425. The fourth-order valence-electron chi connectivity index (χ4n) is 3.93. The quantitative estimate of drug-likeness (QED) is 0.763. The summed E-state index contributed by atoms with van der Waals surface area (Å²) in [7, 11) is 0. The number of nitrogens with zero attached hydrogens (tertiary/aromatic N) is 1. The first-order valence-corrected chi connectivity index (χ1v) is 9.93. The van der Waals surface area contributed by atoms with E-state index in [1.807, 2.05) is 24.3 Å². The van der Waals surface area contributed by atoms with Gasteiger partial charge >= 0.3 is 5.97 Å². The largest absolute Gasteiger partial charge is 0.459 e. The number of amides is 1. The van der Waals surface area contributed by atoms with Crippen molar-refractivity contribution in [3.8, 4) is 0 Å². The summed E-state index contributed by atoms with van der Waals surface area (Å²) in [6, 6.07) is 14.8. The molecule has 28 heavy (non-hydrogen) atoms. The van der Waals surface area contributed by atoms with Gasteiger partial charge in [0.25, 0.3) is 5.91 Å². The van der Waals surface area contributed by atoms with Gasteiger partial charge in [-0.25, -0.2) is 4.79 Å². The van der Waals surface area contributed by atoms with Gasteiger partial charge < -0.3 is 14.4 Å². The molecular weight excluding hydrogens is 354 g/mol. The molecule has 5 nitrogen and oxygen atoms in total. The molecular formula is C23H25NO4. The van der Waals surface area contributed by atoms with Crippen LogP contribution in [0.5, 0.6) is 0 Å². The zero-order valence-corrected chi connectivity index (χ0v) is 15.9. The third kappa shape index (κ3) is 4.09. The van der Waals surface area contributed by atoms with E-state index in [0.29, 0.717) is 25.1 Å². The lowest BCUT2D eigenvalue weighted by atomic mass is 10.00. The first-order valence-electron chi connectivity index (χ1n) is 9.93. The molecule has 2 aliphatic heterocycles. The predicted molar refractivity (Wildman–Crippen MR) is 105 cm³/mol. The molecule has 146 valence electrons. The van der Waals surface area contributed by atoms with Crippen molar-refractivity contribution < 1.29 is 19.1 Å². The van der Waals surface area contributed by atoms with Crippen molar-refractivity contribution in [1.29, 1.82) is 0 Å². The molecule has 5 heteroatoms. The maximum atomic E-state index is 12.9. The Kier molecular flexibility index (Phi) is 5.72. The van der Waals surface area contributed by atoms with Gasteiger partial charge in [0, 0.05) is 12.1 Å². The van der Waals surface area contributed by atoms with Crippen LogP contribution in [0.4, 0.5) is 0 Å². The van der Waals surface area contributed by atoms with E-state index in [1.54, 1.807) is 17.0 Å². The molecule has 1 atom stereocenters. The lowest BCUT2D eigenvalue weighted by Crippen LogP contribution is -2.48. The number of carbonyl (C=O) groups excluding carboxylic acids is 2. The van der Waals surface area contributed by atoms with Crippen LogP contribution in [0.25, 0.3) is 0 Å². The third-order valence-electron chi connectivity index (χ3n) is 5.48. The molecule has 4 rings (SSSR count). The third-order valence-corrected chi connectivity index (χ3v) is 5.48. The maximum Gasteiger partial charge on any atom is 0.329 e.